The van der Waals surface area contributed by atoms with E-state index in [1.807, 2.05) is 0 Å². The molecular formula is C14H20N2O4S. The molecule has 21 heavy (non-hydrogen) atoms. The molecule has 1 heterocycles. The number of aliphatic hydroxyl groups excluding tert-OH is 1. The monoisotopic (exact) mass is 312 g/mol. The first-order chi connectivity index (χ1) is 10.0. The molecule has 116 valence electrons. The van der Waals surface area contributed by atoms with E-state index >= 15 is 0 Å². The van der Waals surface area contributed by atoms with Crippen molar-refractivity contribution < 1.29 is 19.4 Å². The summed E-state index contributed by atoms with van der Waals surface area (Å²) in [4.78, 5) is 25.8. The van der Waals surface area contributed by atoms with E-state index in [-0.39, 0.29) is 30.9 Å². The van der Waals surface area contributed by atoms with Crippen LogP contribution in [0, 0.1) is 5.92 Å². The van der Waals surface area contributed by atoms with Gasteiger partial charge in [-0.05, 0) is 25.0 Å². The van der Waals surface area contributed by atoms with Crippen LogP contribution in [0.2, 0.25) is 0 Å². The number of nitrogens with one attached hydrogen (secondary N) is 1. The SMILES string of the molecule is COCC(O)CN(C)C(=O)c1ccc(NC(=O)C2CC2)s1. The summed E-state index contributed by atoms with van der Waals surface area (Å²) < 4.78 is 4.83. The summed E-state index contributed by atoms with van der Waals surface area (Å²) in [7, 11) is 3.13. The molecule has 1 saturated carbocycles. The summed E-state index contributed by atoms with van der Waals surface area (Å²) in [5.41, 5.74) is 0. The molecule has 0 saturated heterocycles. The van der Waals surface area contributed by atoms with Crippen molar-refractivity contribution in [3.05, 3.63) is 17.0 Å². The molecule has 2 N–H and O–H groups in total. The number of carbonyl (C=O) groups excluding carboxylic acids is 2. The van der Waals surface area contributed by atoms with Crippen molar-refractivity contribution in [1.29, 1.82) is 0 Å². The first-order valence-electron chi connectivity index (χ1n) is 6.84. The molecule has 1 aliphatic rings. The molecule has 1 aromatic rings. The molecule has 1 fully saturated rings. The largest absolute Gasteiger partial charge is 0.389 e. The summed E-state index contributed by atoms with van der Waals surface area (Å²) in [5, 5.41) is 13.1. The summed E-state index contributed by atoms with van der Waals surface area (Å²) >= 11 is 1.25. The summed E-state index contributed by atoms with van der Waals surface area (Å²) in [5.74, 6) is -0.0140. The topological polar surface area (TPSA) is 78.9 Å². The summed E-state index contributed by atoms with van der Waals surface area (Å²) in [6, 6.07) is 3.42. The molecule has 0 radical (unpaired) electrons. The van der Waals surface area contributed by atoms with Crippen LogP contribution in [0.25, 0.3) is 0 Å². The standard InChI is InChI=1S/C14H20N2O4S/c1-16(7-10(17)8-20-2)14(19)11-5-6-12(21-11)15-13(18)9-3-4-9/h5-6,9-10,17H,3-4,7-8H2,1-2H3,(H,15,18). The number of thiophene rings is 1. The Morgan fingerprint density at radius 2 is 2.24 bits per heavy atom. The number of nitrogens with zero attached hydrogens (tertiary/aromatic N) is 1. The minimum atomic E-state index is -0.710. The molecule has 2 rings (SSSR count). The first kappa shape index (κ1) is 15.9. The molecule has 0 bridgehead atoms. The first-order valence-corrected chi connectivity index (χ1v) is 7.66. The van der Waals surface area contributed by atoms with Crippen molar-refractivity contribution in [3.63, 3.8) is 0 Å². The Balaban J connectivity index is 1.89. The third kappa shape index (κ3) is 4.52. The molecule has 0 aromatic carbocycles. The van der Waals surface area contributed by atoms with Gasteiger partial charge in [-0.15, -0.1) is 11.3 Å². The van der Waals surface area contributed by atoms with E-state index in [9.17, 15) is 14.7 Å². The quantitative estimate of drug-likeness (QED) is 0.792. The number of hydrogen-bond acceptors (Lipinski definition) is 5. The van der Waals surface area contributed by atoms with Gasteiger partial charge in [0.05, 0.1) is 22.6 Å². The normalized spacial score (nSPS) is 15.6. The van der Waals surface area contributed by atoms with Crippen LogP contribution in [0.5, 0.6) is 0 Å². The van der Waals surface area contributed by atoms with Gasteiger partial charge in [0.15, 0.2) is 0 Å². The second-order valence-electron chi connectivity index (χ2n) is 5.22. The minimum Gasteiger partial charge on any atom is -0.389 e. The lowest BCUT2D eigenvalue weighted by atomic mass is 10.3. The van der Waals surface area contributed by atoms with E-state index < -0.39 is 6.10 Å². The average Bonchev–Trinajstić information content (AvgIpc) is 3.19. The highest BCUT2D eigenvalue weighted by molar-refractivity contribution is 7.18. The van der Waals surface area contributed by atoms with Crippen molar-refractivity contribution >= 4 is 28.2 Å². The van der Waals surface area contributed by atoms with Crippen LogP contribution in [0.4, 0.5) is 5.00 Å². The fraction of sp³-hybridized carbons (Fsp3) is 0.571. The summed E-state index contributed by atoms with van der Waals surface area (Å²) in [6.07, 6.45) is 1.18. The van der Waals surface area contributed by atoms with E-state index in [2.05, 4.69) is 5.32 Å². The number of carbonyl (C=O) groups is 2. The van der Waals surface area contributed by atoms with Crippen LogP contribution in [-0.4, -0.2) is 55.2 Å². The predicted molar refractivity (Wildman–Crippen MR) is 80.5 cm³/mol. The van der Waals surface area contributed by atoms with Crippen LogP contribution in [0.1, 0.15) is 22.5 Å². The number of rotatable bonds is 7. The van der Waals surface area contributed by atoms with Crippen molar-refractivity contribution in [3.8, 4) is 0 Å². The molecule has 2 amide bonds. The maximum absolute atomic E-state index is 12.2. The lowest BCUT2D eigenvalue weighted by Crippen LogP contribution is -2.35. The van der Waals surface area contributed by atoms with Gasteiger partial charge in [0.25, 0.3) is 5.91 Å². The molecule has 6 nitrogen and oxygen atoms in total. The number of hydrogen-bond donors (Lipinski definition) is 2. The number of methoxy groups -OCH3 is 1. The molecule has 1 unspecified atom stereocenters. The highest BCUT2D eigenvalue weighted by Gasteiger charge is 2.30. The Labute approximate surface area is 127 Å². The molecule has 7 heteroatoms. The third-order valence-electron chi connectivity index (χ3n) is 3.20. The zero-order valence-electron chi connectivity index (χ0n) is 12.2. The van der Waals surface area contributed by atoms with E-state index in [0.717, 1.165) is 12.8 Å². The van der Waals surface area contributed by atoms with E-state index in [1.165, 1.54) is 23.3 Å². The number of anilines is 1. The zero-order valence-corrected chi connectivity index (χ0v) is 13.0. The number of ether oxygens (including phenoxy) is 1. The van der Waals surface area contributed by atoms with Gasteiger partial charge in [0.2, 0.25) is 5.91 Å². The minimum absolute atomic E-state index is 0.0275. The van der Waals surface area contributed by atoms with Crippen LogP contribution >= 0.6 is 11.3 Å². The van der Waals surface area contributed by atoms with Crippen LogP contribution < -0.4 is 5.32 Å². The van der Waals surface area contributed by atoms with Gasteiger partial charge in [-0.1, -0.05) is 0 Å². The lowest BCUT2D eigenvalue weighted by molar-refractivity contribution is -0.117. The molecule has 0 spiro atoms. The van der Waals surface area contributed by atoms with E-state index in [4.69, 9.17) is 4.74 Å². The van der Waals surface area contributed by atoms with Crippen molar-refractivity contribution in [2.75, 3.05) is 32.6 Å². The van der Waals surface area contributed by atoms with Gasteiger partial charge in [0.1, 0.15) is 0 Å². The van der Waals surface area contributed by atoms with Crippen LogP contribution in [0.15, 0.2) is 12.1 Å². The number of amides is 2. The Morgan fingerprint density at radius 3 is 2.86 bits per heavy atom. The predicted octanol–water partition coefficient (Wildman–Crippen LogP) is 1.18. The van der Waals surface area contributed by atoms with Gasteiger partial charge in [-0.25, -0.2) is 0 Å². The van der Waals surface area contributed by atoms with Crippen molar-refractivity contribution in [1.82, 2.24) is 4.90 Å². The molecular weight excluding hydrogens is 292 g/mol. The van der Waals surface area contributed by atoms with Crippen LogP contribution in [0.3, 0.4) is 0 Å². The highest BCUT2D eigenvalue weighted by atomic mass is 32.1. The average molecular weight is 312 g/mol. The Hall–Kier alpha value is -1.44. The van der Waals surface area contributed by atoms with Gasteiger partial charge >= 0.3 is 0 Å². The zero-order chi connectivity index (χ0) is 15.4. The molecule has 0 aliphatic heterocycles. The fourth-order valence-corrected chi connectivity index (χ4v) is 2.83. The Bertz CT molecular complexity index is 513. The fourth-order valence-electron chi connectivity index (χ4n) is 1.92. The second kappa shape index (κ2) is 7.02. The maximum atomic E-state index is 12.2. The second-order valence-corrected chi connectivity index (χ2v) is 6.31. The third-order valence-corrected chi connectivity index (χ3v) is 4.19. The lowest BCUT2D eigenvalue weighted by Gasteiger charge is -2.19. The summed E-state index contributed by atoms with van der Waals surface area (Å²) in [6.45, 7) is 0.388. The molecule has 1 atom stereocenters. The van der Waals surface area contributed by atoms with Crippen molar-refractivity contribution in [2.24, 2.45) is 5.92 Å². The number of likely N-dealkylation sites (N-methyl/N-ethyl adjacent to an activating group) is 1. The van der Waals surface area contributed by atoms with Gasteiger partial charge in [0, 0.05) is 26.6 Å². The van der Waals surface area contributed by atoms with E-state index in [0.29, 0.717) is 9.88 Å². The van der Waals surface area contributed by atoms with Crippen LogP contribution in [-0.2, 0) is 9.53 Å². The molecule has 1 aromatic heterocycles. The van der Waals surface area contributed by atoms with Gasteiger partial charge in [-0.3, -0.25) is 9.59 Å². The van der Waals surface area contributed by atoms with Crippen molar-refractivity contribution in [2.45, 2.75) is 18.9 Å². The number of aliphatic hydroxyl groups is 1. The van der Waals surface area contributed by atoms with E-state index in [1.54, 1.807) is 19.2 Å². The molecule has 1 aliphatic carbocycles. The maximum Gasteiger partial charge on any atom is 0.263 e. The van der Waals surface area contributed by atoms with Gasteiger partial charge in [-0.2, -0.15) is 0 Å². The Kier molecular flexibility index (Phi) is 5.33. The highest BCUT2D eigenvalue weighted by Crippen LogP contribution is 2.31. The van der Waals surface area contributed by atoms with Gasteiger partial charge < -0.3 is 20.1 Å². The Morgan fingerprint density at radius 1 is 1.52 bits per heavy atom. The smallest absolute Gasteiger partial charge is 0.263 e.